The van der Waals surface area contributed by atoms with E-state index < -0.39 is 12.1 Å². The van der Waals surface area contributed by atoms with Crippen LogP contribution in [0.1, 0.15) is 77.2 Å². The second-order valence-corrected chi connectivity index (χ2v) is 6.84. The summed E-state index contributed by atoms with van der Waals surface area (Å²) in [6.07, 6.45) is 8.36. The normalized spacial score (nSPS) is 11.6. The molecule has 1 N–H and O–H groups in total. The van der Waals surface area contributed by atoms with Gasteiger partial charge in [0.25, 0.3) is 0 Å². The van der Waals surface area contributed by atoms with Crippen LogP contribution in [0.5, 0.6) is 0 Å². The van der Waals surface area contributed by atoms with Crippen LogP contribution in [0.2, 0.25) is 0 Å². The van der Waals surface area contributed by atoms with Gasteiger partial charge in [-0.2, -0.15) is 0 Å². The molecule has 1 unspecified atom stereocenters. The van der Waals surface area contributed by atoms with Crippen LogP contribution in [0.4, 0.5) is 4.79 Å². The third-order valence-electron chi connectivity index (χ3n) is 4.38. The van der Waals surface area contributed by atoms with Crippen molar-refractivity contribution in [1.82, 2.24) is 5.32 Å². The smallest absolute Gasteiger partial charge is 0.408 e. The van der Waals surface area contributed by atoms with E-state index >= 15 is 0 Å². The number of alkyl carbamates (subject to hydrolysis) is 1. The minimum absolute atomic E-state index is 0.182. The van der Waals surface area contributed by atoms with Crippen LogP contribution >= 0.6 is 0 Å². The van der Waals surface area contributed by atoms with E-state index in [0.717, 1.165) is 56.9 Å². The number of benzene rings is 1. The molecule has 0 saturated carbocycles. The molecule has 1 aromatic carbocycles. The molecule has 27 heavy (non-hydrogen) atoms. The summed E-state index contributed by atoms with van der Waals surface area (Å²) in [5, 5.41) is 2.68. The summed E-state index contributed by atoms with van der Waals surface area (Å²) in [5.74, 6) is -0.361. The molecule has 5 nitrogen and oxygen atoms in total. The molecular weight excluding hydrogens is 342 g/mol. The minimum Gasteiger partial charge on any atom is -0.464 e. The maximum absolute atomic E-state index is 12.4. The Balaban J connectivity index is 2.43. The zero-order valence-corrected chi connectivity index (χ0v) is 16.9. The molecule has 0 spiro atoms. The number of nitrogens with one attached hydrogen (secondary N) is 1. The molecule has 5 heteroatoms. The minimum atomic E-state index is -0.642. The third kappa shape index (κ3) is 11.3. The fourth-order valence-electron chi connectivity index (χ4n) is 2.73. The topological polar surface area (TPSA) is 64.6 Å². The number of ether oxygens (including phenoxy) is 2. The average Bonchev–Trinajstić information content (AvgIpc) is 2.69. The van der Waals surface area contributed by atoms with Gasteiger partial charge < -0.3 is 14.8 Å². The average molecular weight is 378 g/mol. The van der Waals surface area contributed by atoms with Crippen molar-refractivity contribution in [3.63, 3.8) is 0 Å². The SMILES string of the molecule is CCCCCCOC(=O)C(CCCCCC)NC(=O)OCc1ccccc1. The van der Waals surface area contributed by atoms with Gasteiger partial charge in [0.15, 0.2) is 0 Å². The number of esters is 1. The molecule has 0 aliphatic heterocycles. The Morgan fingerprint density at radius 3 is 2.22 bits per heavy atom. The second kappa shape index (κ2) is 15.1. The van der Waals surface area contributed by atoms with Gasteiger partial charge in [0.05, 0.1) is 6.61 Å². The van der Waals surface area contributed by atoms with Crippen molar-refractivity contribution in [2.24, 2.45) is 0 Å². The highest BCUT2D eigenvalue weighted by atomic mass is 16.6. The first-order chi connectivity index (χ1) is 13.2. The Hall–Kier alpha value is -2.04. The maximum Gasteiger partial charge on any atom is 0.408 e. The van der Waals surface area contributed by atoms with Crippen LogP contribution in [0.15, 0.2) is 30.3 Å². The maximum atomic E-state index is 12.4. The van der Waals surface area contributed by atoms with Crippen LogP contribution in [0, 0.1) is 0 Å². The van der Waals surface area contributed by atoms with Crippen LogP contribution in [-0.2, 0) is 20.9 Å². The summed E-state index contributed by atoms with van der Waals surface area (Å²) < 4.78 is 10.6. The van der Waals surface area contributed by atoms with E-state index in [1.54, 1.807) is 0 Å². The quantitative estimate of drug-likeness (QED) is 0.349. The lowest BCUT2D eigenvalue weighted by Crippen LogP contribution is -2.42. The summed E-state index contributed by atoms with van der Waals surface area (Å²) >= 11 is 0. The number of amides is 1. The number of hydrogen-bond acceptors (Lipinski definition) is 4. The molecule has 1 rings (SSSR count). The highest BCUT2D eigenvalue weighted by Crippen LogP contribution is 2.09. The number of unbranched alkanes of at least 4 members (excludes halogenated alkanes) is 6. The van der Waals surface area contributed by atoms with Crippen LogP contribution in [-0.4, -0.2) is 24.7 Å². The molecule has 0 bridgehead atoms. The Bertz CT molecular complexity index is 518. The van der Waals surface area contributed by atoms with Gasteiger partial charge in [-0.05, 0) is 18.4 Å². The molecule has 0 saturated heterocycles. The fraction of sp³-hybridized carbons (Fsp3) is 0.636. The summed E-state index contributed by atoms with van der Waals surface area (Å²) in [5.41, 5.74) is 0.908. The zero-order valence-electron chi connectivity index (χ0n) is 16.9. The largest absolute Gasteiger partial charge is 0.464 e. The van der Waals surface area contributed by atoms with Crippen molar-refractivity contribution in [1.29, 1.82) is 0 Å². The predicted molar refractivity (Wildman–Crippen MR) is 107 cm³/mol. The van der Waals surface area contributed by atoms with E-state index in [2.05, 4.69) is 19.2 Å². The molecule has 0 radical (unpaired) electrons. The van der Waals surface area contributed by atoms with Gasteiger partial charge in [-0.15, -0.1) is 0 Å². The molecule has 1 atom stereocenters. The van der Waals surface area contributed by atoms with Crippen molar-refractivity contribution in [3.8, 4) is 0 Å². The Morgan fingerprint density at radius 2 is 1.56 bits per heavy atom. The summed E-state index contributed by atoms with van der Waals surface area (Å²) in [6.45, 7) is 4.87. The van der Waals surface area contributed by atoms with E-state index in [-0.39, 0.29) is 12.6 Å². The van der Waals surface area contributed by atoms with Crippen molar-refractivity contribution < 1.29 is 19.1 Å². The Kier molecular flexibility index (Phi) is 12.8. The zero-order chi connectivity index (χ0) is 19.7. The third-order valence-corrected chi connectivity index (χ3v) is 4.38. The van der Waals surface area contributed by atoms with Crippen molar-refractivity contribution in [2.45, 2.75) is 84.3 Å². The fourth-order valence-corrected chi connectivity index (χ4v) is 2.73. The molecule has 0 heterocycles. The number of rotatable bonds is 14. The van der Waals surface area contributed by atoms with Gasteiger partial charge >= 0.3 is 12.1 Å². The summed E-state index contributed by atoms with van der Waals surface area (Å²) in [4.78, 5) is 24.5. The summed E-state index contributed by atoms with van der Waals surface area (Å²) in [7, 11) is 0. The molecule has 0 aliphatic rings. The molecule has 0 fully saturated rings. The van der Waals surface area contributed by atoms with Gasteiger partial charge in [-0.25, -0.2) is 9.59 Å². The van der Waals surface area contributed by atoms with Gasteiger partial charge in [-0.1, -0.05) is 89.1 Å². The van der Waals surface area contributed by atoms with Crippen molar-refractivity contribution >= 4 is 12.1 Å². The molecule has 1 amide bonds. The van der Waals surface area contributed by atoms with E-state index in [1.807, 2.05) is 30.3 Å². The van der Waals surface area contributed by atoms with E-state index in [9.17, 15) is 9.59 Å². The number of hydrogen-bond donors (Lipinski definition) is 1. The monoisotopic (exact) mass is 377 g/mol. The highest BCUT2D eigenvalue weighted by Gasteiger charge is 2.22. The Morgan fingerprint density at radius 1 is 0.889 bits per heavy atom. The van der Waals surface area contributed by atoms with Gasteiger partial charge in [-0.3, -0.25) is 0 Å². The summed E-state index contributed by atoms with van der Waals surface area (Å²) in [6, 6.07) is 8.83. The van der Waals surface area contributed by atoms with Crippen molar-refractivity contribution in [2.75, 3.05) is 6.61 Å². The van der Waals surface area contributed by atoms with Crippen LogP contribution in [0.3, 0.4) is 0 Å². The first kappa shape index (κ1) is 23.0. The molecule has 0 aliphatic carbocycles. The van der Waals surface area contributed by atoms with Gasteiger partial charge in [0, 0.05) is 0 Å². The molecule has 0 aromatic heterocycles. The van der Waals surface area contributed by atoms with E-state index in [0.29, 0.717) is 13.0 Å². The van der Waals surface area contributed by atoms with E-state index in [4.69, 9.17) is 9.47 Å². The first-order valence-corrected chi connectivity index (χ1v) is 10.3. The van der Waals surface area contributed by atoms with Gasteiger partial charge in [0.1, 0.15) is 12.6 Å². The highest BCUT2D eigenvalue weighted by molar-refractivity contribution is 5.81. The number of carbonyl (C=O) groups excluding carboxylic acids is 2. The van der Waals surface area contributed by atoms with Crippen LogP contribution in [0.25, 0.3) is 0 Å². The lowest BCUT2D eigenvalue weighted by Gasteiger charge is -2.17. The predicted octanol–water partition coefficient (Wildman–Crippen LogP) is 5.38. The van der Waals surface area contributed by atoms with Gasteiger partial charge in [0.2, 0.25) is 0 Å². The lowest BCUT2D eigenvalue weighted by molar-refractivity contribution is -0.146. The van der Waals surface area contributed by atoms with E-state index in [1.165, 1.54) is 0 Å². The van der Waals surface area contributed by atoms with Crippen molar-refractivity contribution in [3.05, 3.63) is 35.9 Å². The number of carbonyl (C=O) groups is 2. The molecule has 152 valence electrons. The molecule has 1 aromatic rings. The lowest BCUT2D eigenvalue weighted by atomic mass is 10.1. The second-order valence-electron chi connectivity index (χ2n) is 6.84. The van der Waals surface area contributed by atoms with Crippen LogP contribution < -0.4 is 5.32 Å². The molecular formula is C22H35NO4. The Labute approximate surface area is 163 Å². The standard InChI is InChI=1S/C22H35NO4/c1-3-5-7-12-16-20(21(24)26-17-13-8-6-4-2)23-22(25)27-18-19-14-10-9-11-15-19/h9-11,14-15,20H,3-8,12-13,16-18H2,1-2H3,(H,23,25). The first-order valence-electron chi connectivity index (χ1n) is 10.3.